The first-order chi connectivity index (χ1) is 13.5. The predicted molar refractivity (Wildman–Crippen MR) is 104 cm³/mol. The van der Waals surface area contributed by atoms with Crippen molar-refractivity contribution in [2.75, 3.05) is 0 Å². The highest BCUT2D eigenvalue weighted by atomic mass is 79.9. The topological polar surface area (TPSA) is 35.5 Å². The van der Waals surface area contributed by atoms with Crippen LogP contribution in [0.5, 0.6) is 11.5 Å². The third-order valence-electron chi connectivity index (χ3n) is 4.28. The second-order valence-electron chi connectivity index (χ2n) is 6.11. The quantitative estimate of drug-likeness (QED) is 0.470. The Labute approximate surface area is 168 Å². The minimum absolute atomic E-state index is 0.158. The summed E-state index contributed by atoms with van der Waals surface area (Å²) in [5.74, 6) is -0.708. The van der Waals surface area contributed by atoms with Gasteiger partial charge in [-0.15, -0.1) is 0 Å². The number of carbonyl (C=O) groups excluding carboxylic acids is 1. The number of benzene rings is 3. The molecule has 0 fully saturated rings. The molecule has 1 heterocycles. The molecule has 0 radical (unpaired) electrons. The van der Waals surface area contributed by atoms with E-state index >= 15 is 0 Å². The van der Waals surface area contributed by atoms with Crippen LogP contribution in [0.3, 0.4) is 0 Å². The average molecular weight is 443 g/mol. The van der Waals surface area contributed by atoms with E-state index < -0.39 is 11.6 Å². The smallest absolute Gasteiger partial charge is 0.231 e. The molecule has 0 amide bonds. The lowest BCUT2D eigenvalue weighted by Gasteiger charge is -2.09. The van der Waals surface area contributed by atoms with Crippen molar-refractivity contribution < 1.29 is 23.0 Å². The summed E-state index contributed by atoms with van der Waals surface area (Å²) in [5.41, 5.74) is 1.06. The zero-order valence-corrected chi connectivity index (χ0v) is 16.0. The molecule has 4 rings (SSSR count). The first-order valence-corrected chi connectivity index (χ1v) is 9.21. The number of allylic oxidation sites excluding steroid dienone is 1. The van der Waals surface area contributed by atoms with Gasteiger partial charge in [-0.05, 0) is 42.0 Å². The van der Waals surface area contributed by atoms with E-state index in [2.05, 4.69) is 15.9 Å². The van der Waals surface area contributed by atoms with E-state index in [1.165, 1.54) is 24.3 Å². The molecule has 0 N–H and O–H groups in total. The largest absolute Gasteiger partial charge is 0.489 e. The predicted octanol–water partition coefficient (Wildman–Crippen LogP) is 5.92. The summed E-state index contributed by atoms with van der Waals surface area (Å²) in [5, 5.41) is 0. The maximum Gasteiger partial charge on any atom is 0.231 e. The summed E-state index contributed by atoms with van der Waals surface area (Å²) in [6.45, 7) is -0.273. The van der Waals surface area contributed by atoms with E-state index in [-0.39, 0.29) is 23.7 Å². The highest BCUT2D eigenvalue weighted by molar-refractivity contribution is 9.10. The van der Waals surface area contributed by atoms with Crippen molar-refractivity contribution in [2.24, 2.45) is 0 Å². The van der Waals surface area contributed by atoms with Gasteiger partial charge in [0.05, 0.1) is 11.1 Å². The van der Waals surface area contributed by atoms with Gasteiger partial charge in [0.25, 0.3) is 0 Å². The Hall–Kier alpha value is -2.99. The maximum atomic E-state index is 13.7. The van der Waals surface area contributed by atoms with Gasteiger partial charge >= 0.3 is 0 Å². The van der Waals surface area contributed by atoms with Crippen LogP contribution >= 0.6 is 15.9 Å². The van der Waals surface area contributed by atoms with E-state index in [4.69, 9.17) is 9.47 Å². The number of carbonyl (C=O) groups is 1. The van der Waals surface area contributed by atoms with E-state index in [1.54, 1.807) is 18.2 Å². The number of fused-ring (bicyclic) bond motifs is 1. The number of ether oxygens (including phenoxy) is 2. The number of Topliss-reactive ketones (excluding diaryl/α,β-unsaturated/α-hetero) is 1. The van der Waals surface area contributed by atoms with Gasteiger partial charge < -0.3 is 9.47 Å². The maximum absolute atomic E-state index is 13.7. The van der Waals surface area contributed by atoms with Crippen molar-refractivity contribution >= 4 is 27.8 Å². The van der Waals surface area contributed by atoms with E-state index in [1.807, 2.05) is 24.3 Å². The van der Waals surface area contributed by atoms with Crippen molar-refractivity contribution in [1.29, 1.82) is 0 Å². The molecular formula is C22H13BrF2O3. The van der Waals surface area contributed by atoms with Crippen LogP contribution in [0, 0.1) is 11.6 Å². The Morgan fingerprint density at radius 3 is 2.50 bits per heavy atom. The van der Waals surface area contributed by atoms with Gasteiger partial charge in [0, 0.05) is 10.5 Å². The van der Waals surface area contributed by atoms with E-state index in [0.29, 0.717) is 17.1 Å². The van der Waals surface area contributed by atoms with Gasteiger partial charge in [-0.3, -0.25) is 4.79 Å². The standard InChI is InChI=1S/C22H13BrF2O3/c23-17-5-2-1-4-13(17)10-21-22(26)15-9-8-14(11-20(15)28-21)27-12-16-18(24)6-3-7-19(16)25/h1-11H,12H2/b21-10-. The molecule has 28 heavy (non-hydrogen) atoms. The molecule has 0 saturated heterocycles. The second-order valence-corrected chi connectivity index (χ2v) is 6.96. The molecule has 3 aromatic rings. The molecule has 0 atom stereocenters. The van der Waals surface area contributed by atoms with E-state index in [0.717, 1.165) is 10.0 Å². The Kier molecular flexibility index (Phi) is 4.96. The van der Waals surface area contributed by atoms with Gasteiger partial charge in [0.2, 0.25) is 5.78 Å². The summed E-state index contributed by atoms with van der Waals surface area (Å²) in [6.07, 6.45) is 1.65. The average Bonchev–Trinajstić information content (AvgIpc) is 2.98. The van der Waals surface area contributed by atoms with Crippen LogP contribution < -0.4 is 9.47 Å². The summed E-state index contributed by atoms with van der Waals surface area (Å²) in [4.78, 5) is 12.5. The van der Waals surface area contributed by atoms with Gasteiger partial charge in [-0.25, -0.2) is 8.78 Å². The fourth-order valence-corrected chi connectivity index (χ4v) is 3.22. The number of halogens is 3. The molecule has 1 aliphatic rings. The number of rotatable bonds is 4. The Morgan fingerprint density at radius 2 is 1.75 bits per heavy atom. The van der Waals surface area contributed by atoms with Crippen LogP contribution in [0.2, 0.25) is 0 Å². The molecule has 1 aliphatic heterocycles. The highest BCUT2D eigenvalue weighted by Crippen LogP contribution is 2.35. The first-order valence-electron chi connectivity index (χ1n) is 8.41. The third kappa shape index (κ3) is 3.55. The zero-order chi connectivity index (χ0) is 19.7. The molecule has 3 nitrogen and oxygen atoms in total. The molecule has 0 unspecified atom stereocenters. The fraction of sp³-hybridized carbons (Fsp3) is 0.0455. The van der Waals surface area contributed by atoms with Crippen molar-refractivity contribution in [1.82, 2.24) is 0 Å². The molecule has 140 valence electrons. The molecule has 0 aromatic heterocycles. The summed E-state index contributed by atoms with van der Waals surface area (Å²) in [6, 6.07) is 15.8. The van der Waals surface area contributed by atoms with Crippen LogP contribution in [-0.4, -0.2) is 5.78 Å². The molecule has 6 heteroatoms. The summed E-state index contributed by atoms with van der Waals surface area (Å²) >= 11 is 3.43. The van der Waals surface area contributed by atoms with Gasteiger partial charge in [0.15, 0.2) is 5.76 Å². The zero-order valence-electron chi connectivity index (χ0n) is 14.4. The number of hydrogen-bond donors (Lipinski definition) is 0. The Bertz CT molecular complexity index is 1090. The molecular weight excluding hydrogens is 430 g/mol. The van der Waals surface area contributed by atoms with Crippen molar-refractivity contribution in [3.63, 3.8) is 0 Å². The number of hydrogen-bond acceptors (Lipinski definition) is 3. The number of ketones is 1. The van der Waals surface area contributed by atoms with Crippen LogP contribution in [-0.2, 0) is 6.61 Å². The van der Waals surface area contributed by atoms with Crippen molar-refractivity contribution in [3.05, 3.63) is 99.2 Å². The van der Waals surface area contributed by atoms with E-state index in [9.17, 15) is 13.6 Å². The molecule has 0 saturated carbocycles. The van der Waals surface area contributed by atoms with Crippen molar-refractivity contribution in [3.8, 4) is 11.5 Å². The Morgan fingerprint density at radius 1 is 1.00 bits per heavy atom. The minimum Gasteiger partial charge on any atom is -0.489 e. The summed E-state index contributed by atoms with van der Waals surface area (Å²) < 4.78 is 39.4. The lowest BCUT2D eigenvalue weighted by atomic mass is 10.1. The molecule has 3 aromatic carbocycles. The van der Waals surface area contributed by atoms with Crippen LogP contribution in [0.4, 0.5) is 8.78 Å². The first kappa shape index (κ1) is 18.4. The van der Waals surface area contributed by atoms with Crippen LogP contribution in [0.25, 0.3) is 6.08 Å². The fourth-order valence-electron chi connectivity index (χ4n) is 2.82. The molecule has 0 spiro atoms. The van der Waals surface area contributed by atoms with Crippen LogP contribution in [0.15, 0.2) is 70.9 Å². The van der Waals surface area contributed by atoms with Gasteiger partial charge in [0.1, 0.15) is 29.7 Å². The minimum atomic E-state index is -0.675. The lowest BCUT2D eigenvalue weighted by Crippen LogP contribution is -2.01. The monoisotopic (exact) mass is 442 g/mol. The van der Waals surface area contributed by atoms with Crippen molar-refractivity contribution in [2.45, 2.75) is 6.61 Å². The lowest BCUT2D eigenvalue weighted by molar-refractivity contribution is 0.101. The highest BCUT2D eigenvalue weighted by Gasteiger charge is 2.28. The third-order valence-corrected chi connectivity index (χ3v) is 5.00. The van der Waals surface area contributed by atoms with Gasteiger partial charge in [-0.2, -0.15) is 0 Å². The Balaban J connectivity index is 1.55. The van der Waals surface area contributed by atoms with Gasteiger partial charge in [-0.1, -0.05) is 40.2 Å². The SMILES string of the molecule is O=C1/C(=C/c2ccccc2Br)Oc2cc(OCc3c(F)cccc3F)ccc21. The molecule has 0 bridgehead atoms. The second kappa shape index (κ2) is 7.56. The summed E-state index contributed by atoms with van der Waals surface area (Å²) in [7, 11) is 0. The normalized spacial score (nSPS) is 14.1. The molecule has 0 aliphatic carbocycles. The van der Waals surface area contributed by atoms with Crippen LogP contribution in [0.1, 0.15) is 21.5 Å².